The van der Waals surface area contributed by atoms with E-state index < -0.39 is 5.60 Å². The summed E-state index contributed by atoms with van der Waals surface area (Å²) in [5.41, 5.74) is 0.332. The van der Waals surface area contributed by atoms with Gasteiger partial charge in [-0.15, -0.1) is 0 Å². The lowest BCUT2D eigenvalue weighted by Crippen LogP contribution is -2.45. The lowest BCUT2D eigenvalue weighted by molar-refractivity contribution is 0.0405. The minimum atomic E-state index is -0.759. The molecular weight excluding hydrogens is 242 g/mol. The molecule has 2 N–H and O–H groups in total. The van der Waals surface area contributed by atoms with Crippen molar-refractivity contribution < 1.29 is 14.6 Å². The number of hydrogen-bond acceptors (Lipinski definition) is 4. The maximum Gasteiger partial charge on any atom is 0.161 e. The lowest BCUT2D eigenvalue weighted by atomic mass is 9.98. The van der Waals surface area contributed by atoms with Gasteiger partial charge in [-0.3, -0.25) is 0 Å². The molecule has 0 saturated carbocycles. The zero-order valence-electron chi connectivity index (χ0n) is 12.7. The molecule has 0 amide bonds. The average Bonchev–Trinajstić information content (AvgIpc) is 2.36. The van der Waals surface area contributed by atoms with Gasteiger partial charge in [-0.1, -0.05) is 6.07 Å². The molecule has 2 unspecified atom stereocenters. The first kappa shape index (κ1) is 15.8. The van der Waals surface area contributed by atoms with E-state index >= 15 is 0 Å². The van der Waals surface area contributed by atoms with Crippen molar-refractivity contribution in [1.29, 1.82) is 0 Å². The Bertz CT molecular complexity index is 412. The first-order chi connectivity index (χ1) is 8.79. The van der Waals surface area contributed by atoms with E-state index in [9.17, 15) is 5.11 Å². The molecule has 0 spiro atoms. The fraction of sp³-hybridized carbons (Fsp3) is 0.600. The molecule has 4 heteroatoms. The third-order valence-corrected chi connectivity index (χ3v) is 3.47. The Morgan fingerprint density at radius 1 is 1.11 bits per heavy atom. The van der Waals surface area contributed by atoms with Crippen LogP contribution in [0, 0.1) is 0 Å². The van der Waals surface area contributed by atoms with E-state index in [-0.39, 0.29) is 12.1 Å². The van der Waals surface area contributed by atoms with Gasteiger partial charge in [0.25, 0.3) is 0 Å². The highest BCUT2D eigenvalue weighted by atomic mass is 16.5. The van der Waals surface area contributed by atoms with Crippen molar-refractivity contribution in [3.8, 4) is 11.5 Å². The number of nitrogens with one attached hydrogen (secondary N) is 1. The van der Waals surface area contributed by atoms with E-state index in [2.05, 4.69) is 12.2 Å². The average molecular weight is 267 g/mol. The molecule has 0 saturated heterocycles. The first-order valence-electron chi connectivity index (χ1n) is 6.50. The minimum Gasteiger partial charge on any atom is -0.493 e. The molecule has 0 fully saturated rings. The Hall–Kier alpha value is -1.26. The molecule has 0 aromatic heterocycles. The number of ether oxygens (including phenoxy) is 2. The number of hydrogen-bond donors (Lipinski definition) is 2. The van der Waals surface area contributed by atoms with Crippen LogP contribution >= 0.6 is 0 Å². The second-order valence-corrected chi connectivity index (χ2v) is 5.38. The summed E-state index contributed by atoms with van der Waals surface area (Å²) in [6.45, 7) is 7.62. The summed E-state index contributed by atoms with van der Waals surface area (Å²) in [5, 5.41) is 13.3. The fourth-order valence-corrected chi connectivity index (χ4v) is 1.80. The van der Waals surface area contributed by atoms with Gasteiger partial charge in [-0.25, -0.2) is 0 Å². The van der Waals surface area contributed by atoms with Gasteiger partial charge in [0.05, 0.1) is 19.8 Å². The predicted octanol–water partition coefficient (Wildman–Crippen LogP) is 2.51. The SMILES string of the molecule is COc1ccc(C(C)NC(C)C(C)(C)O)cc1OC. The van der Waals surface area contributed by atoms with Crippen molar-refractivity contribution in [3.05, 3.63) is 23.8 Å². The molecule has 4 nitrogen and oxygen atoms in total. The van der Waals surface area contributed by atoms with E-state index in [0.717, 1.165) is 5.56 Å². The summed E-state index contributed by atoms with van der Waals surface area (Å²) in [7, 11) is 3.24. The summed E-state index contributed by atoms with van der Waals surface area (Å²) in [6.07, 6.45) is 0. The Kier molecular flexibility index (Phi) is 5.20. The lowest BCUT2D eigenvalue weighted by Gasteiger charge is -2.30. The standard InChI is InChI=1S/C15H25NO3/c1-10(16-11(2)15(3,4)17)12-7-8-13(18-5)14(9-12)19-6/h7-11,16-17H,1-6H3. The van der Waals surface area contributed by atoms with Gasteiger partial charge in [0, 0.05) is 12.1 Å². The monoisotopic (exact) mass is 267 g/mol. The van der Waals surface area contributed by atoms with E-state index in [1.165, 1.54) is 0 Å². The van der Waals surface area contributed by atoms with Crippen LogP contribution in [0.1, 0.15) is 39.3 Å². The van der Waals surface area contributed by atoms with E-state index in [0.29, 0.717) is 11.5 Å². The van der Waals surface area contributed by atoms with Crippen LogP contribution in [0.15, 0.2) is 18.2 Å². The summed E-state index contributed by atoms with van der Waals surface area (Å²) in [5.74, 6) is 1.43. The largest absolute Gasteiger partial charge is 0.493 e. The number of rotatable bonds is 6. The molecule has 1 rings (SSSR count). The molecule has 0 bridgehead atoms. The van der Waals surface area contributed by atoms with Crippen molar-refractivity contribution in [1.82, 2.24) is 5.32 Å². The van der Waals surface area contributed by atoms with E-state index in [1.54, 1.807) is 28.1 Å². The van der Waals surface area contributed by atoms with Gasteiger partial charge in [0.15, 0.2) is 11.5 Å². The number of methoxy groups -OCH3 is 2. The molecule has 0 radical (unpaired) electrons. The molecule has 0 aliphatic carbocycles. The maximum atomic E-state index is 9.96. The third kappa shape index (κ3) is 4.11. The zero-order valence-corrected chi connectivity index (χ0v) is 12.7. The van der Waals surface area contributed by atoms with Crippen LogP contribution in [-0.2, 0) is 0 Å². The highest BCUT2D eigenvalue weighted by Gasteiger charge is 2.24. The van der Waals surface area contributed by atoms with Crippen LogP contribution in [0.5, 0.6) is 11.5 Å². The molecule has 0 aliphatic heterocycles. The van der Waals surface area contributed by atoms with Gasteiger partial charge < -0.3 is 19.9 Å². The van der Waals surface area contributed by atoms with Crippen molar-refractivity contribution >= 4 is 0 Å². The van der Waals surface area contributed by atoms with Crippen LogP contribution in [0.3, 0.4) is 0 Å². The van der Waals surface area contributed by atoms with Gasteiger partial charge in [-0.05, 0) is 45.4 Å². The van der Waals surface area contributed by atoms with Crippen LogP contribution in [0.25, 0.3) is 0 Å². The quantitative estimate of drug-likeness (QED) is 0.831. The fourth-order valence-electron chi connectivity index (χ4n) is 1.80. The topological polar surface area (TPSA) is 50.7 Å². The summed E-state index contributed by atoms with van der Waals surface area (Å²) >= 11 is 0. The molecule has 108 valence electrons. The molecule has 19 heavy (non-hydrogen) atoms. The highest BCUT2D eigenvalue weighted by Crippen LogP contribution is 2.30. The van der Waals surface area contributed by atoms with Gasteiger partial charge in [0.1, 0.15) is 0 Å². The Morgan fingerprint density at radius 2 is 1.68 bits per heavy atom. The second-order valence-electron chi connectivity index (χ2n) is 5.38. The predicted molar refractivity (Wildman–Crippen MR) is 76.9 cm³/mol. The summed E-state index contributed by atoms with van der Waals surface area (Å²) in [4.78, 5) is 0. The van der Waals surface area contributed by atoms with Crippen LogP contribution < -0.4 is 14.8 Å². The van der Waals surface area contributed by atoms with E-state index in [4.69, 9.17) is 9.47 Å². The normalized spacial score (nSPS) is 14.9. The van der Waals surface area contributed by atoms with Crippen LogP contribution in [0.4, 0.5) is 0 Å². The van der Waals surface area contributed by atoms with E-state index in [1.807, 2.05) is 25.1 Å². The highest BCUT2D eigenvalue weighted by molar-refractivity contribution is 5.43. The molecule has 1 aromatic rings. The van der Waals surface area contributed by atoms with Crippen LogP contribution in [0.2, 0.25) is 0 Å². The second kappa shape index (κ2) is 6.26. The maximum absolute atomic E-state index is 9.96. The molecule has 1 aromatic carbocycles. The molecule has 0 heterocycles. The van der Waals surface area contributed by atoms with Gasteiger partial charge >= 0.3 is 0 Å². The summed E-state index contributed by atoms with van der Waals surface area (Å²) < 4.78 is 10.5. The smallest absolute Gasteiger partial charge is 0.161 e. The molecule has 2 atom stereocenters. The summed E-state index contributed by atoms with van der Waals surface area (Å²) in [6, 6.07) is 5.93. The Balaban J connectivity index is 2.85. The molecular formula is C15H25NO3. The van der Waals surface area contributed by atoms with Crippen LogP contribution in [-0.4, -0.2) is 31.0 Å². The number of aliphatic hydroxyl groups is 1. The Morgan fingerprint density at radius 3 is 2.16 bits per heavy atom. The molecule has 0 aliphatic rings. The first-order valence-corrected chi connectivity index (χ1v) is 6.50. The van der Waals surface area contributed by atoms with Gasteiger partial charge in [0.2, 0.25) is 0 Å². The van der Waals surface area contributed by atoms with Crippen molar-refractivity contribution in [2.45, 2.75) is 45.4 Å². The van der Waals surface area contributed by atoms with Crippen molar-refractivity contribution in [2.24, 2.45) is 0 Å². The Labute approximate surface area is 115 Å². The van der Waals surface area contributed by atoms with Gasteiger partial charge in [-0.2, -0.15) is 0 Å². The minimum absolute atomic E-state index is 0.0180. The zero-order chi connectivity index (χ0) is 14.6. The van der Waals surface area contributed by atoms with Crippen molar-refractivity contribution in [3.63, 3.8) is 0 Å². The number of benzene rings is 1. The van der Waals surface area contributed by atoms with Crippen molar-refractivity contribution in [2.75, 3.05) is 14.2 Å². The third-order valence-electron chi connectivity index (χ3n) is 3.47.